The van der Waals surface area contributed by atoms with Crippen molar-refractivity contribution in [1.29, 1.82) is 0 Å². The summed E-state index contributed by atoms with van der Waals surface area (Å²) in [6, 6.07) is 9.85. The van der Waals surface area contributed by atoms with Gasteiger partial charge in [0.15, 0.2) is 0 Å². The van der Waals surface area contributed by atoms with E-state index in [1.54, 1.807) is 4.31 Å². The second kappa shape index (κ2) is 7.20. The first-order valence-corrected chi connectivity index (χ1v) is 9.01. The zero-order valence-electron chi connectivity index (χ0n) is 12.1. The van der Waals surface area contributed by atoms with Gasteiger partial charge in [0.1, 0.15) is 0 Å². The van der Waals surface area contributed by atoms with Crippen molar-refractivity contribution in [3.63, 3.8) is 0 Å². The van der Waals surface area contributed by atoms with E-state index in [4.69, 9.17) is 0 Å². The molecule has 0 saturated carbocycles. The SMILES string of the molecule is CCCCS(=O)(=O)N1CCCNCC1c1ccccc1. The highest BCUT2D eigenvalue weighted by Crippen LogP contribution is 2.25. The lowest BCUT2D eigenvalue weighted by molar-refractivity contribution is 0.340. The molecule has 5 heteroatoms. The van der Waals surface area contributed by atoms with E-state index in [-0.39, 0.29) is 11.8 Å². The average molecular weight is 296 g/mol. The number of rotatable bonds is 5. The molecule has 4 nitrogen and oxygen atoms in total. The number of unbranched alkanes of at least 4 members (excludes halogenated alkanes) is 1. The van der Waals surface area contributed by atoms with Crippen molar-refractivity contribution in [3.05, 3.63) is 35.9 Å². The highest BCUT2D eigenvalue weighted by molar-refractivity contribution is 7.89. The normalized spacial score (nSPS) is 21.6. The Kier molecular flexibility index (Phi) is 5.57. The Morgan fingerprint density at radius 3 is 2.75 bits per heavy atom. The van der Waals surface area contributed by atoms with Crippen molar-refractivity contribution in [3.8, 4) is 0 Å². The van der Waals surface area contributed by atoms with Crippen LogP contribution in [-0.4, -0.2) is 38.1 Å². The molecule has 2 rings (SSSR count). The highest BCUT2D eigenvalue weighted by Gasteiger charge is 2.31. The Balaban J connectivity index is 2.26. The second-order valence-corrected chi connectivity index (χ2v) is 7.31. The molecule has 0 aromatic heterocycles. The summed E-state index contributed by atoms with van der Waals surface area (Å²) in [6.07, 6.45) is 2.50. The van der Waals surface area contributed by atoms with E-state index >= 15 is 0 Å². The van der Waals surface area contributed by atoms with Crippen LogP contribution in [-0.2, 0) is 10.0 Å². The smallest absolute Gasteiger partial charge is 0.214 e. The minimum atomic E-state index is -3.17. The van der Waals surface area contributed by atoms with Gasteiger partial charge in [-0.05, 0) is 24.9 Å². The summed E-state index contributed by atoms with van der Waals surface area (Å²) in [5.41, 5.74) is 1.07. The third kappa shape index (κ3) is 3.81. The van der Waals surface area contributed by atoms with Gasteiger partial charge >= 0.3 is 0 Å². The Morgan fingerprint density at radius 1 is 1.30 bits per heavy atom. The Hall–Kier alpha value is -0.910. The minimum Gasteiger partial charge on any atom is -0.315 e. The predicted octanol–water partition coefficient (Wildman–Crippen LogP) is 2.15. The predicted molar refractivity (Wildman–Crippen MR) is 82.1 cm³/mol. The third-order valence-corrected chi connectivity index (χ3v) is 5.67. The van der Waals surface area contributed by atoms with E-state index in [1.807, 2.05) is 37.3 Å². The standard InChI is InChI=1S/C15H24N2O2S/c1-2-3-12-20(18,19)17-11-7-10-16-13-15(17)14-8-5-4-6-9-14/h4-6,8-9,15-16H,2-3,7,10-13H2,1H3. The molecule has 0 bridgehead atoms. The summed E-state index contributed by atoms with van der Waals surface area (Å²) in [7, 11) is -3.17. The maximum Gasteiger partial charge on any atom is 0.214 e. The molecule has 112 valence electrons. The number of benzene rings is 1. The first kappa shape index (κ1) is 15.5. The van der Waals surface area contributed by atoms with Crippen LogP contribution in [0.1, 0.15) is 37.8 Å². The summed E-state index contributed by atoms with van der Waals surface area (Å²) in [6.45, 7) is 4.20. The third-order valence-electron chi connectivity index (χ3n) is 3.71. The van der Waals surface area contributed by atoms with Gasteiger partial charge in [-0.3, -0.25) is 0 Å². The number of hydrogen-bond donors (Lipinski definition) is 1. The van der Waals surface area contributed by atoms with Gasteiger partial charge in [0.2, 0.25) is 10.0 Å². The fourth-order valence-corrected chi connectivity index (χ4v) is 4.47. The molecule has 1 aromatic rings. The van der Waals surface area contributed by atoms with Crippen LogP contribution < -0.4 is 5.32 Å². The highest BCUT2D eigenvalue weighted by atomic mass is 32.2. The molecule has 1 N–H and O–H groups in total. The molecule has 0 spiro atoms. The van der Waals surface area contributed by atoms with Crippen LogP contribution in [0, 0.1) is 0 Å². The van der Waals surface area contributed by atoms with Gasteiger partial charge in [-0.1, -0.05) is 43.7 Å². The van der Waals surface area contributed by atoms with Crippen LogP contribution in [0.4, 0.5) is 0 Å². The van der Waals surface area contributed by atoms with E-state index in [2.05, 4.69) is 5.32 Å². The van der Waals surface area contributed by atoms with Crippen LogP contribution in [0.25, 0.3) is 0 Å². The molecule has 20 heavy (non-hydrogen) atoms. The molecule has 1 unspecified atom stereocenters. The maximum absolute atomic E-state index is 12.6. The lowest BCUT2D eigenvalue weighted by atomic mass is 10.1. The Morgan fingerprint density at radius 2 is 2.05 bits per heavy atom. The fraction of sp³-hybridized carbons (Fsp3) is 0.600. The number of hydrogen-bond acceptors (Lipinski definition) is 3. The summed E-state index contributed by atoms with van der Waals surface area (Å²) in [4.78, 5) is 0. The first-order chi connectivity index (χ1) is 9.65. The van der Waals surface area contributed by atoms with Gasteiger partial charge in [0, 0.05) is 13.1 Å². The molecule has 0 aliphatic carbocycles. The molecule has 1 heterocycles. The van der Waals surface area contributed by atoms with Gasteiger partial charge in [0.25, 0.3) is 0 Å². The van der Waals surface area contributed by atoms with Crippen LogP contribution in [0.2, 0.25) is 0 Å². The second-order valence-electron chi connectivity index (χ2n) is 5.26. The summed E-state index contributed by atoms with van der Waals surface area (Å²) in [5.74, 6) is 0.257. The van der Waals surface area contributed by atoms with Crippen LogP contribution in [0.15, 0.2) is 30.3 Å². The van der Waals surface area contributed by atoms with Crippen molar-refractivity contribution in [2.75, 3.05) is 25.4 Å². The van der Waals surface area contributed by atoms with Gasteiger partial charge < -0.3 is 5.32 Å². The molecule has 1 atom stereocenters. The monoisotopic (exact) mass is 296 g/mol. The van der Waals surface area contributed by atoms with E-state index < -0.39 is 10.0 Å². The largest absolute Gasteiger partial charge is 0.315 e. The van der Waals surface area contributed by atoms with Gasteiger partial charge in [-0.15, -0.1) is 0 Å². The quantitative estimate of drug-likeness (QED) is 0.906. The Labute approximate surface area is 122 Å². The molecule has 1 fully saturated rings. The summed E-state index contributed by atoms with van der Waals surface area (Å²) in [5, 5.41) is 3.35. The molecular weight excluding hydrogens is 272 g/mol. The van der Waals surface area contributed by atoms with Crippen LogP contribution in [0.3, 0.4) is 0 Å². The fourth-order valence-electron chi connectivity index (χ4n) is 2.59. The molecule has 1 saturated heterocycles. The van der Waals surface area contributed by atoms with Crippen molar-refractivity contribution in [2.24, 2.45) is 0 Å². The lowest BCUT2D eigenvalue weighted by Gasteiger charge is -2.29. The minimum absolute atomic E-state index is 0.0828. The number of nitrogens with zero attached hydrogens (tertiary/aromatic N) is 1. The molecule has 1 aliphatic rings. The molecule has 1 aromatic carbocycles. The van der Waals surface area contributed by atoms with Crippen molar-refractivity contribution in [2.45, 2.75) is 32.2 Å². The summed E-state index contributed by atoms with van der Waals surface area (Å²) >= 11 is 0. The van der Waals surface area contributed by atoms with Crippen molar-refractivity contribution in [1.82, 2.24) is 9.62 Å². The molecule has 0 radical (unpaired) electrons. The van der Waals surface area contributed by atoms with E-state index in [1.165, 1.54) is 0 Å². The van der Waals surface area contributed by atoms with E-state index in [0.29, 0.717) is 13.1 Å². The number of sulfonamides is 1. The lowest BCUT2D eigenvalue weighted by Crippen LogP contribution is -2.38. The van der Waals surface area contributed by atoms with Crippen molar-refractivity contribution < 1.29 is 8.42 Å². The Bertz CT molecular complexity index is 502. The van der Waals surface area contributed by atoms with E-state index in [9.17, 15) is 8.42 Å². The van der Waals surface area contributed by atoms with Gasteiger partial charge in [-0.25, -0.2) is 8.42 Å². The first-order valence-electron chi connectivity index (χ1n) is 7.40. The van der Waals surface area contributed by atoms with E-state index in [0.717, 1.165) is 31.4 Å². The van der Waals surface area contributed by atoms with Crippen LogP contribution in [0.5, 0.6) is 0 Å². The zero-order valence-corrected chi connectivity index (χ0v) is 12.9. The van der Waals surface area contributed by atoms with Crippen LogP contribution >= 0.6 is 0 Å². The summed E-state index contributed by atoms with van der Waals surface area (Å²) < 4.78 is 26.9. The maximum atomic E-state index is 12.6. The van der Waals surface area contributed by atoms with Crippen molar-refractivity contribution >= 4 is 10.0 Å². The average Bonchev–Trinajstić information content (AvgIpc) is 2.72. The topological polar surface area (TPSA) is 49.4 Å². The van der Waals surface area contributed by atoms with Gasteiger partial charge in [-0.2, -0.15) is 4.31 Å². The molecule has 1 aliphatic heterocycles. The van der Waals surface area contributed by atoms with Gasteiger partial charge in [0.05, 0.1) is 11.8 Å². The molecular formula is C15H24N2O2S. The number of nitrogens with one attached hydrogen (secondary N) is 1. The zero-order chi connectivity index (χ0) is 14.4. The molecule has 0 amide bonds.